The summed E-state index contributed by atoms with van der Waals surface area (Å²) in [5, 5.41) is 10.7. The maximum atomic E-state index is 13.2. The second-order valence-corrected chi connectivity index (χ2v) is 36.0. The van der Waals surface area contributed by atoms with Crippen LogP contribution in [0.3, 0.4) is 0 Å². The molecule has 0 saturated carbocycles. The number of hydrogen-bond acceptors (Lipinski definition) is 15. The van der Waals surface area contributed by atoms with Gasteiger partial charge in [-0.05, 0) is 37.5 Å². The van der Waals surface area contributed by atoms with Gasteiger partial charge in [-0.2, -0.15) is 0 Å². The molecule has 0 rings (SSSR count). The summed E-state index contributed by atoms with van der Waals surface area (Å²) in [6.45, 7) is 9.80. The average molecular weight is 1590 g/mol. The monoisotopic (exact) mass is 1590 g/mol. The molecule has 0 fully saturated rings. The van der Waals surface area contributed by atoms with Crippen LogP contribution in [0, 0.1) is 11.8 Å². The Bertz CT molecular complexity index is 2080. The number of hydrogen-bond donors (Lipinski definition) is 3. The summed E-state index contributed by atoms with van der Waals surface area (Å²) in [5.41, 5.74) is 0. The van der Waals surface area contributed by atoms with Crippen LogP contribution in [-0.2, 0) is 65.4 Å². The number of esters is 4. The standard InChI is InChI=1S/C90H176O17P2/c1-7-10-12-14-16-18-20-22-29-38-44-50-56-62-68-74-89(94)106-85(78-100-87(92)72-66-60-54-48-42-34-21-19-17-15-13-11-8-2)80-104-108(96,97)102-76-84(91)77-103-109(98,99)105-81-86(79-101-88(93)73-67-61-55-49-43-37-32-28-27-30-35-40-46-52-58-64-70-82(4)5)107-90(95)75-69-63-57-51-45-39-33-26-24-23-25-31-36-41-47-53-59-65-71-83(6)9-3/h82-86,91H,7-81H2,1-6H3,(H,96,97)(H,98,99)/t83?,84-,85+,86+/m0/s1. The molecule has 648 valence electrons. The first-order valence-electron chi connectivity index (χ1n) is 46.5. The van der Waals surface area contributed by atoms with Gasteiger partial charge in [-0.25, -0.2) is 9.13 Å². The molecule has 0 aromatic heterocycles. The van der Waals surface area contributed by atoms with Gasteiger partial charge in [-0.15, -0.1) is 0 Å². The lowest BCUT2D eigenvalue weighted by Crippen LogP contribution is -2.30. The Morgan fingerprint density at radius 1 is 0.266 bits per heavy atom. The van der Waals surface area contributed by atoms with E-state index in [1.54, 1.807) is 0 Å². The van der Waals surface area contributed by atoms with E-state index in [0.29, 0.717) is 25.7 Å². The Labute approximate surface area is 670 Å². The summed E-state index contributed by atoms with van der Waals surface area (Å²) >= 11 is 0. The second kappa shape index (κ2) is 81.2. The lowest BCUT2D eigenvalue weighted by atomic mass is 9.99. The van der Waals surface area contributed by atoms with E-state index in [2.05, 4.69) is 41.5 Å². The van der Waals surface area contributed by atoms with E-state index in [9.17, 15) is 43.2 Å². The highest BCUT2D eigenvalue weighted by Gasteiger charge is 2.31. The normalized spacial score (nSPS) is 14.0. The van der Waals surface area contributed by atoms with Gasteiger partial charge in [0, 0.05) is 25.7 Å². The van der Waals surface area contributed by atoms with Gasteiger partial charge >= 0.3 is 39.5 Å². The lowest BCUT2D eigenvalue weighted by Gasteiger charge is -2.21. The summed E-state index contributed by atoms with van der Waals surface area (Å²) in [6.07, 6.45) is 74.8. The summed E-state index contributed by atoms with van der Waals surface area (Å²) in [7, 11) is -9.93. The topological polar surface area (TPSA) is 237 Å². The molecule has 3 N–H and O–H groups in total. The number of ether oxygens (including phenoxy) is 4. The molecular formula is C90H176O17P2. The van der Waals surface area contributed by atoms with Gasteiger partial charge in [0.05, 0.1) is 26.4 Å². The first-order valence-corrected chi connectivity index (χ1v) is 49.5. The van der Waals surface area contributed by atoms with Crippen LogP contribution in [0.4, 0.5) is 0 Å². The van der Waals surface area contributed by atoms with Gasteiger partial charge in [0.15, 0.2) is 12.2 Å². The van der Waals surface area contributed by atoms with E-state index in [0.717, 1.165) is 102 Å². The minimum Gasteiger partial charge on any atom is -0.462 e. The van der Waals surface area contributed by atoms with Crippen molar-refractivity contribution < 1.29 is 80.2 Å². The minimum atomic E-state index is -4.97. The zero-order valence-corrected chi connectivity index (χ0v) is 73.7. The molecule has 0 saturated heterocycles. The van der Waals surface area contributed by atoms with Gasteiger partial charge in [-0.1, -0.05) is 433 Å². The predicted molar refractivity (Wildman–Crippen MR) is 451 cm³/mol. The first kappa shape index (κ1) is 107. The summed E-state index contributed by atoms with van der Waals surface area (Å²) in [6, 6.07) is 0. The molecule has 0 amide bonds. The smallest absolute Gasteiger partial charge is 0.462 e. The molecule has 109 heavy (non-hydrogen) atoms. The molecule has 3 unspecified atom stereocenters. The molecule has 0 aliphatic carbocycles. The molecule has 0 heterocycles. The Hall–Kier alpha value is -1.94. The number of aliphatic hydroxyl groups excluding tert-OH is 1. The Morgan fingerprint density at radius 3 is 0.697 bits per heavy atom. The van der Waals surface area contributed by atoms with Crippen LogP contribution in [0.1, 0.15) is 485 Å². The fourth-order valence-corrected chi connectivity index (χ4v) is 15.7. The Kier molecular flexibility index (Phi) is 79.8. The summed E-state index contributed by atoms with van der Waals surface area (Å²) in [4.78, 5) is 73.4. The fourth-order valence-electron chi connectivity index (χ4n) is 14.1. The zero-order chi connectivity index (χ0) is 79.9. The summed E-state index contributed by atoms with van der Waals surface area (Å²) < 4.78 is 69.1. The third-order valence-electron chi connectivity index (χ3n) is 21.6. The highest BCUT2D eigenvalue weighted by molar-refractivity contribution is 7.47. The highest BCUT2D eigenvalue weighted by Crippen LogP contribution is 2.45. The third-order valence-corrected chi connectivity index (χ3v) is 23.5. The van der Waals surface area contributed by atoms with Crippen molar-refractivity contribution in [3.8, 4) is 0 Å². The number of phosphoric ester groups is 2. The molecule has 19 heteroatoms. The number of rotatable bonds is 89. The number of phosphoric acid groups is 2. The highest BCUT2D eigenvalue weighted by atomic mass is 31.2. The van der Waals surface area contributed by atoms with E-state index < -0.39 is 97.5 Å². The maximum absolute atomic E-state index is 13.2. The molecule has 6 atom stereocenters. The molecule has 17 nitrogen and oxygen atoms in total. The number of unbranched alkanes of at least 4 members (excludes halogenated alkanes) is 58. The lowest BCUT2D eigenvalue weighted by molar-refractivity contribution is -0.161. The van der Waals surface area contributed by atoms with Gasteiger partial charge in [0.2, 0.25) is 0 Å². The number of aliphatic hydroxyl groups is 1. The van der Waals surface area contributed by atoms with Crippen molar-refractivity contribution in [2.75, 3.05) is 39.6 Å². The molecule has 0 bridgehead atoms. The molecule has 0 radical (unpaired) electrons. The van der Waals surface area contributed by atoms with Gasteiger partial charge < -0.3 is 33.8 Å². The Balaban J connectivity index is 5.25. The molecule has 0 aromatic rings. The van der Waals surface area contributed by atoms with Crippen LogP contribution in [0.15, 0.2) is 0 Å². The van der Waals surface area contributed by atoms with Crippen LogP contribution < -0.4 is 0 Å². The molecule has 0 spiro atoms. The number of carbonyl (C=O) groups is 4. The Morgan fingerprint density at radius 2 is 0.468 bits per heavy atom. The van der Waals surface area contributed by atoms with Gasteiger partial charge in [0.25, 0.3) is 0 Å². The largest absolute Gasteiger partial charge is 0.472 e. The van der Waals surface area contributed by atoms with Crippen LogP contribution in [0.25, 0.3) is 0 Å². The maximum Gasteiger partial charge on any atom is 0.472 e. The van der Waals surface area contributed by atoms with E-state index in [1.165, 1.54) is 302 Å². The van der Waals surface area contributed by atoms with E-state index in [1.807, 2.05) is 0 Å². The van der Waals surface area contributed by atoms with Gasteiger partial charge in [0.1, 0.15) is 19.3 Å². The fraction of sp³-hybridized carbons (Fsp3) is 0.956. The molecule has 0 aliphatic rings. The summed E-state index contributed by atoms with van der Waals surface area (Å²) in [5.74, 6) is -0.410. The molecule has 0 aromatic carbocycles. The van der Waals surface area contributed by atoms with Gasteiger partial charge in [-0.3, -0.25) is 37.3 Å². The molecular weight excluding hydrogens is 1410 g/mol. The minimum absolute atomic E-state index is 0.109. The van der Waals surface area contributed by atoms with Crippen molar-refractivity contribution >= 4 is 39.5 Å². The van der Waals surface area contributed by atoms with Crippen LogP contribution >= 0.6 is 15.6 Å². The van der Waals surface area contributed by atoms with Crippen molar-refractivity contribution in [1.29, 1.82) is 0 Å². The van der Waals surface area contributed by atoms with Crippen molar-refractivity contribution in [2.45, 2.75) is 503 Å². The van der Waals surface area contributed by atoms with Crippen LogP contribution in [0.5, 0.6) is 0 Å². The van der Waals surface area contributed by atoms with Crippen molar-refractivity contribution in [3.05, 3.63) is 0 Å². The van der Waals surface area contributed by atoms with Crippen molar-refractivity contribution in [3.63, 3.8) is 0 Å². The van der Waals surface area contributed by atoms with Crippen molar-refractivity contribution in [2.24, 2.45) is 11.8 Å². The van der Waals surface area contributed by atoms with Crippen LogP contribution in [-0.4, -0.2) is 96.7 Å². The average Bonchev–Trinajstić information content (AvgIpc) is 0.899. The molecule has 0 aliphatic heterocycles. The van der Waals surface area contributed by atoms with Crippen LogP contribution in [0.2, 0.25) is 0 Å². The quantitative estimate of drug-likeness (QED) is 0.0222. The predicted octanol–water partition coefficient (Wildman–Crippen LogP) is 27.8. The van der Waals surface area contributed by atoms with E-state index >= 15 is 0 Å². The number of carbonyl (C=O) groups excluding carboxylic acids is 4. The SMILES string of the molecule is CCCCCCCCCCCCCCCCCC(=O)O[C@H](COC(=O)CCCCCCCCCCCCCCC)COP(=O)(O)OC[C@H](O)COP(=O)(O)OC[C@@H](COC(=O)CCCCCCCCCCCCCCCCCCC(C)C)OC(=O)CCCCCCCCCCCCCCCCCCCCC(C)CC. The van der Waals surface area contributed by atoms with E-state index in [-0.39, 0.29) is 25.7 Å². The third kappa shape index (κ3) is 82.4. The zero-order valence-electron chi connectivity index (χ0n) is 71.9. The van der Waals surface area contributed by atoms with Crippen molar-refractivity contribution in [1.82, 2.24) is 0 Å². The second-order valence-electron chi connectivity index (χ2n) is 33.1. The first-order chi connectivity index (χ1) is 52.9. The van der Waals surface area contributed by atoms with E-state index in [4.69, 9.17) is 37.0 Å².